The molecule has 4 amide bonds. The predicted octanol–water partition coefficient (Wildman–Crippen LogP) is 6.87. The minimum absolute atomic E-state index is 0.00178. The molecule has 1 fully saturated rings. The molecule has 65 heavy (non-hydrogen) atoms. The van der Waals surface area contributed by atoms with Gasteiger partial charge in [-0.1, -0.05) is 97.4 Å². The smallest absolute Gasteiger partial charge is 0.245 e. The Morgan fingerprint density at radius 2 is 1.54 bits per heavy atom. The first kappa shape index (κ1) is 53.2. The Balaban J connectivity index is 1.46. The lowest BCUT2D eigenvalue weighted by Gasteiger charge is -2.41. The van der Waals surface area contributed by atoms with Crippen LogP contribution in [0.5, 0.6) is 0 Å². The number of rotatable bonds is 25. The van der Waals surface area contributed by atoms with Gasteiger partial charge in [-0.2, -0.15) is 0 Å². The number of amides is 4. The molecule has 360 valence electrons. The fourth-order valence-corrected chi connectivity index (χ4v) is 10.1. The van der Waals surface area contributed by atoms with Gasteiger partial charge in [-0.25, -0.2) is 4.98 Å². The largest absolute Gasteiger partial charge is 0.379 e. The van der Waals surface area contributed by atoms with Gasteiger partial charge in [0.05, 0.1) is 48.7 Å². The molecule has 0 bridgehead atoms. The zero-order valence-electron chi connectivity index (χ0n) is 41.5. The molecule has 1 aromatic heterocycles. The van der Waals surface area contributed by atoms with Gasteiger partial charge in [0.25, 0.3) is 0 Å². The maximum absolute atomic E-state index is 14.7. The van der Waals surface area contributed by atoms with Crippen LogP contribution in [-0.2, 0) is 41.5 Å². The lowest BCUT2D eigenvalue weighted by atomic mass is 9.89. The summed E-state index contributed by atoms with van der Waals surface area (Å²) in [4.78, 5) is 69.5. The van der Waals surface area contributed by atoms with E-state index in [-0.39, 0.29) is 59.9 Å². The number of hydrogen-bond donors (Lipinski definition) is 2. The average molecular weight is 918 g/mol. The van der Waals surface area contributed by atoms with E-state index in [1.54, 1.807) is 32.4 Å². The standard InChI is InChI=1S/C51H79N7O6S/c1-14-35(6)46(57(11)51(62)44(33(2)3)54-49(61)45(34(4)5)56(10)29-26-37-22-24-39(25-23-37)55(8)9)42(63-12)32-43(59)58-28-18-21-41(58)47(64-13)36(7)48(60)53-40(50-52-27-30-65-50)31-38-19-16-15-17-20-38/h15-17,19-20,22-25,27,30,33-36,40-42,44-47H,14,18,21,26,28-29,31-32H2,1-13H3,(H,53,60)(H,54,61)/t35-,36+,40-,41-,42+,44-,45-,46-,47+/m0/s1. The Morgan fingerprint density at radius 3 is 2.09 bits per heavy atom. The number of nitrogens with one attached hydrogen (secondary N) is 2. The summed E-state index contributed by atoms with van der Waals surface area (Å²) in [6.07, 6.45) is 4.20. The van der Waals surface area contributed by atoms with Gasteiger partial charge in [0.1, 0.15) is 11.0 Å². The van der Waals surface area contributed by atoms with E-state index in [0.717, 1.165) is 35.5 Å². The van der Waals surface area contributed by atoms with E-state index in [9.17, 15) is 19.2 Å². The van der Waals surface area contributed by atoms with Crippen molar-refractivity contribution >= 4 is 40.7 Å². The Hall–Kier alpha value is -4.37. The minimum atomic E-state index is -0.790. The molecule has 0 saturated carbocycles. The van der Waals surface area contributed by atoms with E-state index in [2.05, 4.69) is 63.5 Å². The van der Waals surface area contributed by atoms with Crippen molar-refractivity contribution < 1.29 is 28.7 Å². The second kappa shape index (κ2) is 25.5. The van der Waals surface area contributed by atoms with Gasteiger partial charge in [0.2, 0.25) is 23.6 Å². The highest BCUT2D eigenvalue weighted by Gasteiger charge is 2.43. The average Bonchev–Trinajstić information content (AvgIpc) is 4.01. The van der Waals surface area contributed by atoms with Gasteiger partial charge < -0.3 is 34.8 Å². The quantitative estimate of drug-likeness (QED) is 0.0934. The third-order valence-electron chi connectivity index (χ3n) is 13.4. The molecule has 13 nitrogen and oxygen atoms in total. The van der Waals surface area contributed by atoms with Gasteiger partial charge >= 0.3 is 0 Å². The molecule has 14 heteroatoms. The summed E-state index contributed by atoms with van der Waals surface area (Å²) in [6.45, 7) is 15.2. The molecule has 0 spiro atoms. The van der Waals surface area contributed by atoms with E-state index in [1.165, 1.54) is 16.9 Å². The fourth-order valence-electron chi connectivity index (χ4n) is 9.45. The molecule has 3 aromatic rings. The Bertz CT molecular complexity index is 1910. The second-order valence-electron chi connectivity index (χ2n) is 18.9. The van der Waals surface area contributed by atoms with Crippen molar-refractivity contribution in [1.29, 1.82) is 0 Å². The van der Waals surface area contributed by atoms with E-state index in [4.69, 9.17) is 9.47 Å². The van der Waals surface area contributed by atoms with Crippen LogP contribution >= 0.6 is 11.3 Å². The number of ether oxygens (including phenoxy) is 2. The second-order valence-corrected chi connectivity index (χ2v) is 19.8. The first-order valence-electron chi connectivity index (χ1n) is 23.6. The predicted molar refractivity (Wildman–Crippen MR) is 262 cm³/mol. The molecule has 4 rings (SSSR count). The maximum Gasteiger partial charge on any atom is 0.245 e. The molecule has 2 N–H and O–H groups in total. The third-order valence-corrected chi connectivity index (χ3v) is 14.3. The molecule has 0 radical (unpaired) electrons. The maximum atomic E-state index is 14.7. The van der Waals surface area contributed by atoms with Crippen LogP contribution < -0.4 is 15.5 Å². The summed E-state index contributed by atoms with van der Waals surface area (Å²) in [5, 5.41) is 9.15. The van der Waals surface area contributed by atoms with Crippen LogP contribution in [0.2, 0.25) is 0 Å². The highest BCUT2D eigenvalue weighted by molar-refractivity contribution is 7.09. The molecule has 2 heterocycles. The number of carbonyl (C=O) groups excluding carboxylic acids is 4. The number of nitrogens with zero attached hydrogens (tertiary/aromatic N) is 5. The lowest BCUT2D eigenvalue weighted by molar-refractivity contribution is -0.148. The van der Waals surface area contributed by atoms with E-state index >= 15 is 0 Å². The summed E-state index contributed by atoms with van der Waals surface area (Å²) < 4.78 is 12.2. The van der Waals surface area contributed by atoms with Crippen LogP contribution in [0.25, 0.3) is 0 Å². The number of carbonyl (C=O) groups is 4. The van der Waals surface area contributed by atoms with Crippen molar-refractivity contribution in [2.24, 2.45) is 23.7 Å². The van der Waals surface area contributed by atoms with Gasteiger partial charge in [0.15, 0.2) is 0 Å². The van der Waals surface area contributed by atoms with Crippen molar-refractivity contribution in [3.63, 3.8) is 0 Å². The molecule has 9 atom stereocenters. The molecule has 1 saturated heterocycles. The molecule has 2 aromatic carbocycles. The van der Waals surface area contributed by atoms with Gasteiger partial charge in [-0.05, 0) is 73.7 Å². The number of benzene rings is 2. The molecule has 1 aliphatic rings. The van der Waals surface area contributed by atoms with Crippen LogP contribution in [0.1, 0.15) is 96.3 Å². The fraction of sp³-hybridized carbons (Fsp3) is 0.627. The first-order chi connectivity index (χ1) is 30.9. The molecule has 0 unspecified atom stereocenters. The third kappa shape index (κ3) is 14.3. The zero-order chi connectivity index (χ0) is 48.0. The normalized spacial score (nSPS) is 17.8. The number of likely N-dealkylation sites (N-methyl/N-ethyl adjacent to an activating group) is 2. The topological polar surface area (TPSA) is 137 Å². The monoisotopic (exact) mass is 918 g/mol. The summed E-state index contributed by atoms with van der Waals surface area (Å²) in [5.74, 6) is -1.48. The van der Waals surface area contributed by atoms with Crippen molar-refractivity contribution in [1.82, 2.24) is 30.3 Å². The van der Waals surface area contributed by atoms with Crippen molar-refractivity contribution in [2.45, 2.75) is 129 Å². The van der Waals surface area contributed by atoms with Crippen LogP contribution in [0, 0.1) is 23.7 Å². The molecule has 0 aliphatic carbocycles. The van der Waals surface area contributed by atoms with Gasteiger partial charge in [-0.15, -0.1) is 11.3 Å². The first-order valence-corrected chi connectivity index (χ1v) is 24.4. The van der Waals surface area contributed by atoms with Crippen LogP contribution in [-0.4, -0.2) is 135 Å². The molecule has 1 aliphatic heterocycles. The molecular formula is C51H79N7O6S. The van der Waals surface area contributed by atoms with Crippen LogP contribution in [0.15, 0.2) is 66.2 Å². The van der Waals surface area contributed by atoms with Gasteiger partial charge in [-0.3, -0.25) is 24.1 Å². The molecular weight excluding hydrogens is 839 g/mol. The zero-order valence-corrected chi connectivity index (χ0v) is 42.3. The summed E-state index contributed by atoms with van der Waals surface area (Å²) in [7, 11) is 11.0. The van der Waals surface area contributed by atoms with Crippen LogP contribution in [0.4, 0.5) is 5.69 Å². The highest BCUT2D eigenvalue weighted by Crippen LogP contribution is 2.31. The van der Waals surface area contributed by atoms with E-state index in [1.807, 2.05) is 96.4 Å². The van der Waals surface area contributed by atoms with E-state index < -0.39 is 36.3 Å². The summed E-state index contributed by atoms with van der Waals surface area (Å²) >= 11 is 1.51. The minimum Gasteiger partial charge on any atom is -0.379 e. The Morgan fingerprint density at radius 1 is 0.862 bits per heavy atom. The van der Waals surface area contributed by atoms with Crippen molar-refractivity contribution in [3.05, 3.63) is 82.3 Å². The number of aromatic nitrogens is 1. The van der Waals surface area contributed by atoms with Crippen molar-refractivity contribution in [3.8, 4) is 0 Å². The summed E-state index contributed by atoms with van der Waals surface area (Å²) in [5.41, 5.74) is 3.42. The Kier molecular flexibility index (Phi) is 20.9. The number of anilines is 1. The van der Waals surface area contributed by atoms with Crippen LogP contribution in [0.3, 0.4) is 0 Å². The number of hydrogen-bond acceptors (Lipinski definition) is 10. The number of likely N-dealkylation sites (tertiary alicyclic amines) is 1. The van der Waals surface area contributed by atoms with Crippen molar-refractivity contribution in [2.75, 3.05) is 60.4 Å². The highest BCUT2D eigenvalue weighted by atomic mass is 32.1. The van der Waals surface area contributed by atoms with Gasteiger partial charge in [0, 0.05) is 65.7 Å². The Labute approximate surface area is 394 Å². The SMILES string of the molecule is CC[C@H](C)[C@@H]([C@@H](CC(=O)N1CCC[C@H]1[C@H](OC)[C@@H](C)C(=O)N[C@@H](Cc1ccccc1)c1nccs1)OC)N(C)C(=O)[C@@H](NC(=O)[C@H](C(C)C)N(C)CCc1ccc(N(C)C)cc1)C(C)C. The number of methoxy groups -OCH3 is 2. The number of thiazole rings is 1. The van der Waals surface area contributed by atoms with E-state index in [0.29, 0.717) is 25.9 Å². The lowest BCUT2D eigenvalue weighted by Crippen LogP contribution is -2.60. The summed E-state index contributed by atoms with van der Waals surface area (Å²) in [6, 6.07) is 16.2.